The van der Waals surface area contributed by atoms with E-state index >= 15 is 0 Å². The average molecular weight is 257 g/mol. The molecule has 1 N–H and O–H groups in total. The van der Waals surface area contributed by atoms with E-state index in [0.717, 1.165) is 6.07 Å². The van der Waals surface area contributed by atoms with Crippen molar-refractivity contribution in [2.24, 2.45) is 0 Å². The SMILES string of the molecule is O=C(c1ccc(Cl)c([N+](=O)[O-])c1)N1CC(O)C1. The number of carbonyl (C=O) groups excluding carboxylic acids is 1. The lowest BCUT2D eigenvalue weighted by molar-refractivity contribution is -0.384. The quantitative estimate of drug-likeness (QED) is 0.634. The number of carbonyl (C=O) groups is 1. The number of amides is 1. The van der Waals surface area contributed by atoms with Gasteiger partial charge in [-0.2, -0.15) is 0 Å². The molecule has 0 radical (unpaired) electrons. The molecule has 1 fully saturated rings. The van der Waals surface area contributed by atoms with Crippen molar-refractivity contribution in [3.63, 3.8) is 0 Å². The number of hydrogen-bond donors (Lipinski definition) is 1. The minimum Gasteiger partial charge on any atom is -0.389 e. The van der Waals surface area contributed by atoms with E-state index in [4.69, 9.17) is 16.7 Å². The van der Waals surface area contributed by atoms with Gasteiger partial charge in [0.1, 0.15) is 5.02 Å². The van der Waals surface area contributed by atoms with Crippen LogP contribution in [-0.4, -0.2) is 40.0 Å². The van der Waals surface area contributed by atoms with Crippen LogP contribution < -0.4 is 0 Å². The fourth-order valence-electron chi connectivity index (χ4n) is 1.59. The first-order chi connectivity index (χ1) is 7.99. The Morgan fingerprint density at radius 2 is 2.18 bits per heavy atom. The molecule has 0 bridgehead atoms. The van der Waals surface area contributed by atoms with Crippen LogP contribution in [0.5, 0.6) is 0 Å². The number of nitro groups is 1. The third kappa shape index (κ3) is 2.22. The minimum atomic E-state index is -0.635. The van der Waals surface area contributed by atoms with Gasteiger partial charge in [0.05, 0.1) is 11.0 Å². The van der Waals surface area contributed by atoms with Crippen molar-refractivity contribution in [2.75, 3.05) is 13.1 Å². The Balaban J connectivity index is 2.24. The molecule has 7 heteroatoms. The van der Waals surface area contributed by atoms with Gasteiger partial charge >= 0.3 is 0 Å². The number of likely N-dealkylation sites (tertiary alicyclic amines) is 1. The standard InChI is InChI=1S/C10H9ClN2O4/c11-8-2-1-6(3-9(8)13(16)17)10(15)12-4-7(14)5-12/h1-3,7,14H,4-5H2. The maximum absolute atomic E-state index is 11.8. The normalized spacial score (nSPS) is 15.5. The van der Waals surface area contributed by atoms with Crippen LogP contribution in [0.4, 0.5) is 5.69 Å². The van der Waals surface area contributed by atoms with Gasteiger partial charge in [0, 0.05) is 24.7 Å². The highest BCUT2D eigenvalue weighted by atomic mass is 35.5. The third-order valence-corrected chi connectivity index (χ3v) is 2.86. The summed E-state index contributed by atoms with van der Waals surface area (Å²) in [4.78, 5) is 23.2. The summed E-state index contributed by atoms with van der Waals surface area (Å²) in [6.07, 6.45) is -0.499. The molecule has 1 amide bonds. The molecule has 1 heterocycles. The Hall–Kier alpha value is -1.66. The number of nitro benzene ring substituents is 1. The second kappa shape index (κ2) is 4.31. The second-order valence-electron chi connectivity index (χ2n) is 3.79. The third-order valence-electron chi connectivity index (χ3n) is 2.54. The van der Waals surface area contributed by atoms with Crippen LogP contribution >= 0.6 is 11.6 Å². The van der Waals surface area contributed by atoms with Crippen LogP contribution in [0.3, 0.4) is 0 Å². The van der Waals surface area contributed by atoms with E-state index in [-0.39, 0.29) is 35.3 Å². The van der Waals surface area contributed by atoms with Crippen molar-refractivity contribution in [1.82, 2.24) is 4.90 Å². The van der Waals surface area contributed by atoms with E-state index in [1.54, 1.807) is 0 Å². The van der Waals surface area contributed by atoms with Crippen LogP contribution in [0.25, 0.3) is 0 Å². The highest BCUT2D eigenvalue weighted by molar-refractivity contribution is 6.32. The number of hydrogen-bond acceptors (Lipinski definition) is 4. The molecule has 1 aromatic rings. The number of aliphatic hydroxyl groups is 1. The number of aliphatic hydroxyl groups excluding tert-OH is 1. The Morgan fingerprint density at radius 1 is 1.53 bits per heavy atom. The van der Waals surface area contributed by atoms with Crippen LogP contribution in [0.15, 0.2) is 18.2 Å². The summed E-state index contributed by atoms with van der Waals surface area (Å²) in [6.45, 7) is 0.518. The first-order valence-electron chi connectivity index (χ1n) is 4.90. The number of rotatable bonds is 2. The smallest absolute Gasteiger partial charge is 0.288 e. The van der Waals surface area contributed by atoms with Gasteiger partial charge in [-0.05, 0) is 12.1 Å². The van der Waals surface area contributed by atoms with E-state index in [0.29, 0.717) is 0 Å². The highest BCUT2D eigenvalue weighted by Gasteiger charge is 2.30. The second-order valence-corrected chi connectivity index (χ2v) is 4.19. The van der Waals surface area contributed by atoms with Crippen LogP contribution in [0, 0.1) is 10.1 Å². The van der Waals surface area contributed by atoms with Gasteiger partial charge in [0.15, 0.2) is 0 Å². The van der Waals surface area contributed by atoms with Gasteiger partial charge in [0.2, 0.25) is 0 Å². The fraction of sp³-hybridized carbons (Fsp3) is 0.300. The van der Waals surface area contributed by atoms with Gasteiger partial charge in [0.25, 0.3) is 11.6 Å². The summed E-state index contributed by atoms with van der Waals surface area (Å²) in [5.74, 6) is -0.338. The van der Waals surface area contributed by atoms with E-state index < -0.39 is 11.0 Å². The van der Waals surface area contributed by atoms with Gasteiger partial charge in [-0.3, -0.25) is 14.9 Å². The molecule has 1 aliphatic rings. The van der Waals surface area contributed by atoms with Crippen LogP contribution in [-0.2, 0) is 0 Å². The molecule has 0 saturated carbocycles. The largest absolute Gasteiger partial charge is 0.389 e. The molecule has 2 rings (SSSR count). The predicted molar refractivity (Wildman–Crippen MR) is 60.0 cm³/mol. The molecule has 1 saturated heterocycles. The first kappa shape index (κ1) is 11.8. The predicted octanol–water partition coefficient (Wildman–Crippen LogP) is 1.06. The molecule has 0 aliphatic carbocycles. The zero-order chi connectivity index (χ0) is 12.6. The summed E-state index contributed by atoms with van der Waals surface area (Å²) >= 11 is 5.64. The van der Waals surface area contributed by atoms with Crippen molar-refractivity contribution >= 4 is 23.2 Å². The van der Waals surface area contributed by atoms with Gasteiger partial charge in [-0.25, -0.2) is 0 Å². The summed E-state index contributed by atoms with van der Waals surface area (Å²) < 4.78 is 0. The molecule has 0 atom stereocenters. The topological polar surface area (TPSA) is 83.7 Å². The number of nitrogens with zero attached hydrogens (tertiary/aromatic N) is 2. The number of benzene rings is 1. The first-order valence-corrected chi connectivity index (χ1v) is 5.28. The molecule has 90 valence electrons. The van der Waals surface area contributed by atoms with Crippen LogP contribution in [0.1, 0.15) is 10.4 Å². The molecule has 17 heavy (non-hydrogen) atoms. The van der Waals surface area contributed by atoms with Crippen molar-refractivity contribution in [2.45, 2.75) is 6.10 Å². The van der Waals surface area contributed by atoms with Crippen molar-refractivity contribution in [3.05, 3.63) is 38.9 Å². The van der Waals surface area contributed by atoms with Crippen molar-refractivity contribution in [1.29, 1.82) is 0 Å². The Labute approximate surface area is 102 Å². The zero-order valence-corrected chi connectivity index (χ0v) is 9.42. The summed E-state index contributed by atoms with van der Waals surface area (Å²) in [5, 5.41) is 19.7. The van der Waals surface area contributed by atoms with Gasteiger partial charge in [-0.15, -0.1) is 0 Å². The Kier molecular flexibility index (Phi) is 2.99. The molecule has 6 nitrogen and oxygen atoms in total. The number of halogens is 1. The zero-order valence-electron chi connectivity index (χ0n) is 8.67. The van der Waals surface area contributed by atoms with Gasteiger partial charge < -0.3 is 10.0 Å². The Bertz CT molecular complexity index is 485. The highest BCUT2D eigenvalue weighted by Crippen LogP contribution is 2.26. The summed E-state index contributed by atoms with van der Waals surface area (Å²) in [5.41, 5.74) is -0.0911. The lowest BCUT2D eigenvalue weighted by Crippen LogP contribution is -2.53. The minimum absolute atomic E-state index is 0.00445. The van der Waals surface area contributed by atoms with E-state index in [1.165, 1.54) is 17.0 Å². The molecule has 1 aliphatic heterocycles. The van der Waals surface area contributed by atoms with E-state index in [1.807, 2.05) is 0 Å². The van der Waals surface area contributed by atoms with Gasteiger partial charge in [-0.1, -0.05) is 11.6 Å². The number of β-amino-alcohol motifs (C(OH)–C–C–N with tert-alkyl or cyclic N) is 1. The summed E-state index contributed by atoms with van der Waals surface area (Å²) in [6, 6.07) is 3.90. The molecular formula is C10H9ClN2O4. The molecule has 0 spiro atoms. The monoisotopic (exact) mass is 256 g/mol. The maximum atomic E-state index is 11.8. The van der Waals surface area contributed by atoms with Crippen molar-refractivity contribution < 1.29 is 14.8 Å². The average Bonchev–Trinajstić information content (AvgIpc) is 2.24. The molecular weight excluding hydrogens is 248 g/mol. The summed E-state index contributed by atoms with van der Waals surface area (Å²) in [7, 11) is 0. The maximum Gasteiger partial charge on any atom is 0.288 e. The fourth-order valence-corrected chi connectivity index (χ4v) is 1.78. The van der Waals surface area contributed by atoms with E-state index in [9.17, 15) is 14.9 Å². The van der Waals surface area contributed by atoms with Crippen LogP contribution in [0.2, 0.25) is 5.02 Å². The van der Waals surface area contributed by atoms with Crippen molar-refractivity contribution in [3.8, 4) is 0 Å². The molecule has 1 aromatic carbocycles. The van der Waals surface area contributed by atoms with E-state index in [2.05, 4.69) is 0 Å². The Morgan fingerprint density at radius 3 is 2.71 bits per heavy atom. The molecule has 0 aromatic heterocycles. The lowest BCUT2D eigenvalue weighted by atomic mass is 10.1. The lowest BCUT2D eigenvalue weighted by Gasteiger charge is -2.35. The molecule has 0 unspecified atom stereocenters.